The van der Waals surface area contributed by atoms with Crippen LogP contribution in [-0.4, -0.2) is 61.4 Å². The average Bonchev–Trinajstić information content (AvgIpc) is 2.80. The summed E-state index contributed by atoms with van der Waals surface area (Å²) in [6.07, 6.45) is 0.187. The van der Waals surface area contributed by atoms with Crippen molar-refractivity contribution >= 4 is 20.0 Å². The molecule has 1 aromatic carbocycles. The van der Waals surface area contributed by atoms with Crippen LogP contribution in [0.5, 0.6) is 0 Å². The van der Waals surface area contributed by atoms with Crippen molar-refractivity contribution in [1.82, 2.24) is 18.4 Å². The molecule has 160 valence electrons. The van der Waals surface area contributed by atoms with Gasteiger partial charge < -0.3 is 0 Å². The van der Waals surface area contributed by atoms with Gasteiger partial charge in [-0.2, -0.15) is 13.7 Å². The van der Waals surface area contributed by atoms with Gasteiger partial charge in [0.1, 0.15) is 16.5 Å². The molecule has 2 aromatic rings. The molecule has 2 heterocycles. The number of aromatic nitrogens is 2. The molecule has 1 aliphatic heterocycles. The molecule has 0 N–H and O–H groups in total. The SMILES string of the molecule is Cc1nn(C)c(C)c1S(=O)(=O)N1CCCN(S(=O)(=O)c2c(F)cccc2F)CC1. The molecular weight excluding hydrogens is 426 g/mol. The van der Waals surface area contributed by atoms with E-state index in [1.165, 1.54) is 8.99 Å². The van der Waals surface area contributed by atoms with E-state index in [4.69, 9.17) is 0 Å². The number of rotatable bonds is 4. The monoisotopic (exact) mass is 448 g/mol. The van der Waals surface area contributed by atoms with Crippen molar-refractivity contribution in [1.29, 1.82) is 0 Å². The molecule has 1 saturated heterocycles. The first-order valence-corrected chi connectivity index (χ1v) is 11.8. The van der Waals surface area contributed by atoms with Crippen LogP contribution in [0.25, 0.3) is 0 Å². The molecular formula is C17H22F2N4O4S2. The fourth-order valence-corrected chi connectivity index (χ4v) is 6.91. The molecule has 29 heavy (non-hydrogen) atoms. The Morgan fingerprint density at radius 2 is 1.34 bits per heavy atom. The summed E-state index contributed by atoms with van der Waals surface area (Å²) in [6.45, 7) is 2.92. The lowest BCUT2D eigenvalue weighted by molar-refractivity contribution is 0.399. The summed E-state index contributed by atoms with van der Waals surface area (Å²) in [5.74, 6) is -2.36. The molecule has 0 saturated carbocycles. The quantitative estimate of drug-likeness (QED) is 0.705. The Balaban J connectivity index is 1.89. The summed E-state index contributed by atoms with van der Waals surface area (Å²) in [5, 5.41) is 4.13. The van der Waals surface area contributed by atoms with E-state index in [1.807, 2.05) is 0 Å². The van der Waals surface area contributed by atoms with Crippen molar-refractivity contribution in [3.8, 4) is 0 Å². The molecule has 0 aliphatic carbocycles. The molecule has 0 spiro atoms. The third-order valence-electron chi connectivity index (χ3n) is 4.97. The third-order valence-corrected chi connectivity index (χ3v) is 9.07. The summed E-state index contributed by atoms with van der Waals surface area (Å²) < 4.78 is 83.4. The number of hydrogen-bond donors (Lipinski definition) is 0. The summed E-state index contributed by atoms with van der Waals surface area (Å²) >= 11 is 0. The highest BCUT2D eigenvalue weighted by Crippen LogP contribution is 2.27. The number of hydrogen-bond acceptors (Lipinski definition) is 5. The molecule has 0 unspecified atom stereocenters. The van der Waals surface area contributed by atoms with Crippen molar-refractivity contribution in [2.45, 2.75) is 30.1 Å². The first kappa shape index (κ1) is 21.8. The Bertz CT molecular complexity index is 1130. The van der Waals surface area contributed by atoms with Crippen LogP contribution in [0.1, 0.15) is 17.8 Å². The first-order valence-electron chi connectivity index (χ1n) is 8.92. The minimum absolute atomic E-state index is 0.0485. The lowest BCUT2D eigenvalue weighted by atomic mass is 10.3. The van der Waals surface area contributed by atoms with Crippen molar-refractivity contribution in [2.75, 3.05) is 26.2 Å². The van der Waals surface area contributed by atoms with Gasteiger partial charge in [-0.1, -0.05) is 6.07 Å². The van der Waals surface area contributed by atoms with Gasteiger partial charge in [-0.3, -0.25) is 4.68 Å². The van der Waals surface area contributed by atoms with Crippen LogP contribution in [-0.2, 0) is 27.1 Å². The smallest absolute Gasteiger partial charge is 0.248 e. The van der Waals surface area contributed by atoms with Gasteiger partial charge in [0.25, 0.3) is 0 Å². The zero-order chi connectivity index (χ0) is 21.6. The zero-order valence-corrected chi connectivity index (χ0v) is 17.9. The third kappa shape index (κ3) is 3.81. The van der Waals surface area contributed by atoms with E-state index in [2.05, 4.69) is 5.10 Å². The van der Waals surface area contributed by atoms with Gasteiger partial charge in [0.05, 0.1) is 11.4 Å². The predicted molar refractivity (Wildman–Crippen MR) is 101 cm³/mol. The Hall–Kier alpha value is -1.89. The van der Waals surface area contributed by atoms with Gasteiger partial charge in [-0.05, 0) is 32.4 Å². The molecule has 0 atom stereocenters. The van der Waals surface area contributed by atoms with Gasteiger partial charge in [0.2, 0.25) is 20.0 Å². The lowest BCUT2D eigenvalue weighted by Crippen LogP contribution is -2.38. The summed E-state index contributed by atoms with van der Waals surface area (Å²) in [5.41, 5.74) is 0.830. The normalized spacial score (nSPS) is 17.4. The van der Waals surface area contributed by atoms with Gasteiger partial charge in [0, 0.05) is 33.2 Å². The van der Waals surface area contributed by atoms with Gasteiger partial charge in [-0.15, -0.1) is 0 Å². The van der Waals surface area contributed by atoms with Gasteiger partial charge >= 0.3 is 0 Å². The first-order chi connectivity index (χ1) is 13.5. The van der Waals surface area contributed by atoms with Crippen LogP contribution in [0, 0.1) is 25.5 Å². The number of halogens is 2. The number of nitrogens with zero attached hydrogens (tertiary/aromatic N) is 4. The van der Waals surface area contributed by atoms with Crippen LogP contribution in [0.2, 0.25) is 0 Å². The van der Waals surface area contributed by atoms with Crippen LogP contribution in [0.4, 0.5) is 8.78 Å². The molecule has 0 amide bonds. The maximum Gasteiger partial charge on any atom is 0.248 e. The van der Waals surface area contributed by atoms with E-state index in [1.54, 1.807) is 20.9 Å². The fraction of sp³-hybridized carbons (Fsp3) is 0.471. The van der Waals surface area contributed by atoms with Crippen LogP contribution in [0.15, 0.2) is 28.0 Å². The lowest BCUT2D eigenvalue weighted by Gasteiger charge is -2.22. The van der Waals surface area contributed by atoms with E-state index in [-0.39, 0.29) is 37.5 Å². The summed E-state index contributed by atoms with van der Waals surface area (Å²) in [4.78, 5) is -0.924. The summed E-state index contributed by atoms with van der Waals surface area (Å²) in [6, 6.07) is 2.83. The predicted octanol–water partition coefficient (Wildman–Crippen LogP) is 1.40. The van der Waals surface area contributed by atoms with Crippen LogP contribution >= 0.6 is 0 Å². The Kier molecular flexibility index (Phi) is 5.82. The minimum Gasteiger partial charge on any atom is -0.271 e. The Morgan fingerprint density at radius 3 is 1.79 bits per heavy atom. The molecule has 1 aliphatic rings. The molecule has 0 radical (unpaired) electrons. The minimum atomic E-state index is -4.45. The zero-order valence-electron chi connectivity index (χ0n) is 16.3. The standard InChI is InChI=1S/C17H22F2N4O4S2/c1-12-16(13(2)21(3)20-12)28(24,25)22-8-5-9-23(11-10-22)29(26,27)17-14(18)6-4-7-15(17)19/h4,6-7H,5,8-11H2,1-3H3. The number of aryl methyl sites for hydroxylation is 2. The maximum atomic E-state index is 14.0. The molecule has 8 nitrogen and oxygen atoms in total. The van der Waals surface area contributed by atoms with Gasteiger partial charge in [-0.25, -0.2) is 25.6 Å². The Labute approximate surface area is 168 Å². The maximum absolute atomic E-state index is 14.0. The van der Waals surface area contributed by atoms with Crippen LogP contribution in [0.3, 0.4) is 0 Å². The number of benzene rings is 1. The van der Waals surface area contributed by atoms with Crippen molar-refractivity contribution in [3.63, 3.8) is 0 Å². The molecule has 1 fully saturated rings. The molecule has 12 heteroatoms. The second-order valence-corrected chi connectivity index (χ2v) is 10.6. The second-order valence-electron chi connectivity index (χ2n) is 6.84. The van der Waals surface area contributed by atoms with E-state index in [9.17, 15) is 25.6 Å². The highest BCUT2D eigenvalue weighted by atomic mass is 32.2. The highest BCUT2D eigenvalue weighted by Gasteiger charge is 2.36. The molecule has 1 aromatic heterocycles. The average molecular weight is 449 g/mol. The fourth-order valence-electron chi connectivity index (χ4n) is 3.47. The van der Waals surface area contributed by atoms with Gasteiger partial charge in [0.15, 0.2) is 4.90 Å². The van der Waals surface area contributed by atoms with Crippen molar-refractivity contribution < 1.29 is 25.6 Å². The van der Waals surface area contributed by atoms with Crippen molar-refractivity contribution in [3.05, 3.63) is 41.2 Å². The summed E-state index contributed by atoms with van der Waals surface area (Å²) in [7, 11) is -6.70. The van der Waals surface area contributed by atoms with E-state index >= 15 is 0 Å². The molecule has 3 rings (SSSR count). The van der Waals surface area contributed by atoms with E-state index in [0.29, 0.717) is 11.4 Å². The van der Waals surface area contributed by atoms with Crippen LogP contribution < -0.4 is 0 Å². The number of sulfonamides is 2. The van der Waals surface area contributed by atoms with E-state index < -0.39 is 36.6 Å². The second kappa shape index (κ2) is 7.74. The van der Waals surface area contributed by atoms with Crippen molar-refractivity contribution in [2.24, 2.45) is 7.05 Å². The Morgan fingerprint density at radius 1 is 0.862 bits per heavy atom. The van der Waals surface area contributed by atoms with E-state index in [0.717, 1.165) is 22.5 Å². The topological polar surface area (TPSA) is 92.6 Å². The highest BCUT2D eigenvalue weighted by molar-refractivity contribution is 7.89. The molecule has 0 bridgehead atoms. The largest absolute Gasteiger partial charge is 0.271 e.